The predicted molar refractivity (Wildman–Crippen MR) is 134 cm³/mol. The molecule has 8 heteroatoms. The summed E-state index contributed by atoms with van der Waals surface area (Å²) in [6.07, 6.45) is 1.80. The van der Waals surface area contributed by atoms with Gasteiger partial charge in [0, 0.05) is 10.7 Å². The van der Waals surface area contributed by atoms with E-state index in [9.17, 15) is 9.59 Å². The maximum absolute atomic E-state index is 13.6. The van der Waals surface area contributed by atoms with Crippen LogP contribution >= 0.6 is 22.9 Å². The molecule has 1 N–H and O–H groups in total. The number of nitrogens with zero attached hydrogens (tertiary/aromatic N) is 2. The van der Waals surface area contributed by atoms with Crippen LogP contribution in [0.5, 0.6) is 0 Å². The van der Waals surface area contributed by atoms with Crippen molar-refractivity contribution in [2.24, 2.45) is 4.99 Å². The molecule has 0 radical (unpaired) electrons. The van der Waals surface area contributed by atoms with Gasteiger partial charge < -0.3 is 9.73 Å². The monoisotopic (exact) mass is 489 g/mol. The molecule has 170 valence electrons. The molecular weight excluding hydrogens is 470 g/mol. The number of benzene rings is 2. The molecule has 34 heavy (non-hydrogen) atoms. The predicted octanol–water partition coefficient (Wildman–Crippen LogP) is 4.43. The van der Waals surface area contributed by atoms with Crippen LogP contribution in [0.15, 0.2) is 92.2 Å². The Kier molecular flexibility index (Phi) is 5.81. The smallest absolute Gasteiger partial charge is 0.271 e. The number of anilines is 1. The zero-order valence-corrected chi connectivity index (χ0v) is 20.0. The molecule has 2 aromatic heterocycles. The van der Waals surface area contributed by atoms with Gasteiger partial charge in [0.15, 0.2) is 4.80 Å². The Hall–Kier alpha value is -3.68. The summed E-state index contributed by atoms with van der Waals surface area (Å²) in [5.41, 5.74) is 2.16. The number of nitrogens with one attached hydrogen (secondary N) is 1. The molecule has 0 unspecified atom stereocenters. The summed E-state index contributed by atoms with van der Waals surface area (Å²) in [6, 6.07) is 19.3. The van der Waals surface area contributed by atoms with E-state index in [1.165, 1.54) is 15.9 Å². The zero-order valence-electron chi connectivity index (χ0n) is 18.4. The number of hydrogen-bond donors (Lipinski definition) is 1. The van der Waals surface area contributed by atoms with Crippen LogP contribution < -0.4 is 20.2 Å². The first kappa shape index (κ1) is 22.1. The van der Waals surface area contributed by atoms with E-state index >= 15 is 0 Å². The highest BCUT2D eigenvalue weighted by Crippen LogP contribution is 2.31. The van der Waals surface area contributed by atoms with Crippen LogP contribution in [0.4, 0.5) is 5.69 Å². The van der Waals surface area contributed by atoms with Gasteiger partial charge in [-0.05, 0) is 61.9 Å². The van der Waals surface area contributed by atoms with Gasteiger partial charge in [-0.25, -0.2) is 4.99 Å². The topological polar surface area (TPSA) is 76.6 Å². The fraction of sp³-hybridized carbons (Fsp3) is 0.115. The lowest BCUT2D eigenvalue weighted by molar-refractivity contribution is -0.113. The number of hydrogen-bond acceptors (Lipinski definition) is 5. The average Bonchev–Trinajstić information content (AvgIpc) is 3.38. The first-order valence-electron chi connectivity index (χ1n) is 10.6. The lowest BCUT2D eigenvalue weighted by Gasteiger charge is -2.23. The molecule has 0 aliphatic carbocycles. The minimum atomic E-state index is -0.735. The van der Waals surface area contributed by atoms with Crippen LogP contribution in [-0.4, -0.2) is 10.5 Å². The molecule has 5 rings (SSSR count). The highest BCUT2D eigenvalue weighted by atomic mass is 35.5. The number of para-hydroxylation sites is 1. The largest absolute Gasteiger partial charge is 0.464 e. The van der Waals surface area contributed by atoms with Gasteiger partial charge in [-0.3, -0.25) is 14.2 Å². The van der Waals surface area contributed by atoms with Crippen LogP contribution in [0.3, 0.4) is 0 Å². The van der Waals surface area contributed by atoms with E-state index in [1.807, 2.05) is 43.3 Å². The summed E-state index contributed by atoms with van der Waals surface area (Å²) in [4.78, 5) is 32.1. The molecule has 0 saturated heterocycles. The van der Waals surface area contributed by atoms with E-state index in [-0.39, 0.29) is 11.5 Å². The Morgan fingerprint density at radius 2 is 1.82 bits per heavy atom. The molecule has 0 spiro atoms. The van der Waals surface area contributed by atoms with Crippen LogP contribution in [0.2, 0.25) is 5.02 Å². The van der Waals surface area contributed by atoms with E-state index in [0.29, 0.717) is 42.8 Å². The molecule has 1 amide bonds. The number of furan rings is 1. The van der Waals surface area contributed by atoms with Crippen molar-refractivity contribution in [2.45, 2.75) is 19.9 Å². The number of halogens is 1. The number of allylic oxidation sites excluding steroid dienone is 1. The van der Waals surface area contributed by atoms with Gasteiger partial charge in [0.05, 0.1) is 15.8 Å². The van der Waals surface area contributed by atoms with E-state index < -0.39 is 6.04 Å². The minimum Gasteiger partial charge on any atom is -0.464 e. The van der Waals surface area contributed by atoms with Crippen molar-refractivity contribution >= 4 is 40.6 Å². The second-order valence-corrected chi connectivity index (χ2v) is 9.35. The second-order valence-electron chi connectivity index (χ2n) is 7.90. The lowest BCUT2D eigenvalue weighted by Crippen LogP contribution is -2.40. The van der Waals surface area contributed by atoms with E-state index in [1.54, 1.807) is 43.3 Å². The van der Waals surface area contributed by atoms with Gasteiger partial charge in [-0.2, -0.15) is 0 Å². The van der Waals surface area contributed by atoms with Crippen molar-refractivity contribution in [1.29, 1.82) is 0 Å². The van der Waals surface area contributed by atoms with Crippen LogP contribution in [-0.2, 0) is 4.79 Å². The number of aryl methyl sites for hydroxylation is 1. The van der Waals surface area contributed by atoms with Crippen molar-refractivity contribution in [3.05, 3.63) is 120 Å². The number of fused-ring (bicyclic) bond motifs is 1. The van der Waals surface area contributed by atoms with Gasteiger partial charge in [-0.15, -0.1) is 0 Å². The Morgan fingerprint density at radius 1 is 1.09 bits per heavy atom. The fourth-order valence-corrected chi connectivity index (χ4v) is 5.08. The summed E-state index contributed by atoms with van der Waals surface area (Å²) in [5.74, 6) is 0.860. The summed E-state index contributed by atoms with van der Waals surface area (Å²) in [5, 5.41) is 3.54. The van der Waals surface area contributed by atoms with Crippen molar-refractivity contribution in [1.82, 2.24) is 4.57 Å². The third-order valence-corrected chi connectivity index (χ3v) is 6.73. The molecule has 0 bridgehead atoms. The van der Waals surface area contributed by atoms with Crippen LogP contribution in [0, 0.1) is 6.92 Å². The molecule has 6 nitrogen and oxygen atoms in total. The highest BCUT2D eigenvalue weighted by molar-refractivity contribution is 7.07. The molecule has 1 aliphatic heterocycles. The molecular formula is C26H20ClN3O3S. The lowest BCUT2D eigenvalue weighted by atomic mass is 10.00. The zero-order chi connectivity index (χ0) is 23.8. The van der Waals surface area contributed by atoms with Gasteiger partial charge in [0.2, 0.25) is 0 Å². The maximum Gasteiger partial charge on any atom is 0.271 e. The van der Waals surface area contributed by atoms with Gasteiger partial charge in [-0.1, -0.05) is 53.3 Å². The number of rotatable bonds is 4. The molecule has 0 saturated carbocycles. The number of carbonyl (C=O) groups excluding carboxylic acids is 1. The van der Waals surface area contributed by atoms with Gasteiger partial charge in [0.1, 0.15) is 17.6 Å². The minimum absolute atomic E-state index is 0.240. The average molecular weight is 490 g/mol. The van der Waals surface area contributed by atoms with Crippen molar-refractivity contribution in [3.63, 3.8) is 0 Å². The second kappa shape index (κ2) is 8.93. The first-order valence-corrected chi connectivity index (χ1v) is 11.8. The fourth-order valence-electron chi connectivity index (χ4n) is 3.91. The Morgan fingerprint density at radius 3 is 2.50 bits per heavy atom. The Bertz CT molecular complexity index is 1600. The molecule has 1 atom stereocenters. The third kappa shape index (κ3) is 4.16. The number of amides is 1. The summed E-state index contributed by atoms with van der Waals surface area (Å²) >= 11 is 7.27. The maximum atomic E-state index is 13.6. The normalized spacial score (nSPS) is 15.7. The number of thiazole rings is 1. The summed E-state index contributed by atoms with van der Waals surface area (Å²) in [6.45, 7) is 3.60. The van der Waals surface area contributed by atoms with E-state index in [0.717, 1.165) is 5.56 Å². The van der Waals surface area contributed by atoms with Gasteiger partial charge in [0.25, 0.3) is 11.5 Å². The Balaban J connectivity index is 1.66. The first-order chi connectivity index (χ1) is 16.4. The quantitative estimate of drug-likeness (QED) is 0.460. The molecule has 4 aromatic rings. The third-order valence-electron chi connectivity index (χ3n) is 5.50. The van der Waals surface area contributed by atoms with Gasteiger partial charge >= 0.3 is 0 Å². The highest BCUT2D eigenvalue weighted by Gasteiger charge is 2.34. The van der Waals surface area contributed by atoms with Crippen LogP contribution in [0.25, 0.3) is 6.08 Å². The summed E-state index contributed by atoms with van der Waals surface area (Å²) in [7, 11) is 0. The summed E-state index contributed by atoms with van der Waals surface area (Å²) < 4.78 is 7.96. The molecule has 3 heterocycles. The van der Waals surface area contributed by atoms with Crippen molar-refractivity contribution in [2.75, 3.05) is 5.32 Å². The van der Waals surface area contributed by atoms with E-state index in [2.05, 4.69) is 10.3 Å². The molecule has 1 aliphatic rings. The number of carbonyl (C=O) groups is 1. The molecule has 2 aromatic carbocycles. The van der Waals surface area contributed by atoms with Crippen LogP contribution in [0.1, 0.15) is 30.0 Å². The SMILES string of the molecule is CC1=C(C(=O)Nc2ccccc2)[C@H](c2ccc(C)o2)n2c(s/c(=C/c3ccc(Cl)cc3)c2=O)=N1. The van der Waals surface area contributed by atoms with E-state index in [4.69, 9.17) is 16.0 Å². The Labute approximate surface area is 204 Å². The standard InChI is InChI=1S/C26H20ClN3O3S/c1-15-8-13-20(33-15)23-22(24(31)29-19-6-4-3-5-7-19)16(2)28-26-30(23)25(32)21(34-26)14-17-9-11-18(27)12-10-17/h3-14,23H,1-2H3,(H,29,31)/b21-14+/t23-/m0/s1. The van der Waals surface area contributed by atoms with Crippen molar-refractivity contribution < 1.29 is 9.21 Å². The molecule has 0 fully saturated rings. The van der Waals surface area contributed by atoms with Crippen molar-refractivity contribution in [3.8, 4) is 0 Å². The number of aromatic nitrogens is 1.